The molecule has 0 aliphatic carbocycles. The highest BCUT2D eigenvalue weighted by Gasteiger charge is 2.59. The zero-order chi connectivity index (χ0) is 22.0. The number of carboxylic acid groups (broad SMARTS) is 1. The fraction of sp³-hybridized carbons (Fsp3) is 0.217. The Morgan fingerprint density at radius 2 is 1.87 bits per heavy atom. The van der Waals surface area contributed by atoms with Crippen LogP contribution in [-0.4, -0.2) is 44.8 Å². The average Bonchev–Trinajstić information content (AvgIpc) is 3.46. The maximum absolute atomic E-state index is 13.3. The number of benzene rings is 2. The van der Waals surface area contributed by atoms with Crippen LogP contribution in [0.5, 0.6) is 0 Å². The van der Waals surface area contributed by atoms with E-state index < -0.39 is 5.41 Å². The Hall–Kier alpha value is -3.94. The minimum Gasteiger partial charge on any atom is -0.483 e. The molecule has 1 spiro atoms. The molecule has 158 valence electrons. The van der Waals surface area contributed by atoms with Crippen LogP contribution in [-0.2, 0) is 15.0 Å². The molecular weight excluding hydrogens is 396 g/mol. The van der Waals surface area contributed by atoms with Crippen LogP contribution in [0, 0.1) is 6.92 Å². The van der Waals surface area contributed by atoms with Crippen molar-refractivity contribution in [1.82, 2.24) is 14.9 Å². The van der Waals surface area contributed by atoms with Gasteiger partial charge in [-0.3, -0.25) is 14.4 Å². The third-order valence-electron chi connectivity index (χ3n) is 5.90. The number of aromatic amines is 1. The number of para-hydroxylation sites is 1. The number of fused-ring (bicyclic) bond motifs is 2. The van der Waals surface area contributed by atoms with Crippen LogP contribution in [0.15, 0.2) is 60.8 Å². The Labute approximate surface area is 178 Å². The van der Waals surface area contributed by atoms with Gasteiger partial charge in [0.05, 0.1) is 12.2 Å². The summed E-state index contributed by atoms with van der Waals surface area (Å²) < 4.78 is 0. The molecule has 1 aromatic heterocycles. The summed E-state index contributed by atoms with van der Waals surface area (Å²) >= 11 is 0. The van der Waals surface area contributed by atoms with Crippen molar-refractivity contribution in [3.63, 3.8) is 0 Å². The SMILES string of the molecule is Cc1ncc(C(=O)N2CCC3(C(=O)Nc4ccccc43)C2c2ccccc2)[nH]1.O=CO. The number of aromatic nitrogens is 2. The molecule has 3 aromatic rings. The Morgan fingerprint density at radius 1 is 1.19 bits per heavy atom. The van der Waals surface area contributed by atoms with Crippen LogP contribution >= 0.6 is 0 Å². The number of likely N-dealkylation sites (tertiary alicyclic amines) is 1. The predicted molar refractivity (Wildman–Crippen MR) is 114 cm³/mol. The second kappa shape index (κ2) is 8.06. The number of anilines is 1. The summed E-state index contributed by atoms with van der Waals surface area (Å²) in [5.74, 6) is 0.514. The number of amides is 2. The fourth-order valence-electron chi connectivity index (χ4n) is 4.69. The second-order valence-electron chi connectivity index (χ2n) is 7.52. The molecule has 8 heteroatoms. The van der Waals surface area contributed by atoms with Crippen molar-refractivity contribution in [2.75, 3.05) is 11.9 Å². The Kier molecular flexibility index (Phi) is 5.29. The Morgan fingerprint density at radius 3 is 2.55 bits per heavy atom. The topological polar surface area (TPSA) is 115 Å². The van der Waals surface area contributed by atoms with Crippen LogP contribution in [0.25, 0.3) is 0 Å². The summed E-state index contributed by atoms with van der Waals surface area (Å²) in [7, 11) is 0. The van der Waals surface area contributed by atoms with Crippen molar-refractivity contribution in [1.29, 1.82) is 0 Å². The molecule has 2 amide bonds. The highest BCUT2D eigenvalue weighted by Crippen LogP contribution is 2.54. The number of hydrogen-bond acceptors (Lipinski definition) is 4. The maximum atomic E-state index is 13.3. The average molecular weight is 418 g/mol. The lowest BCUT2D eigenvalue weighted by molar-refractivity contribution is -0.123. The summed E-state index contributed by atoms with van der Waals surface area (Å²) in [6, 6.07) is 17.2. The summed E-state index contributed by atoms with van der Waals surface area (Å²) in [5, 5.41) is 9.93. The number of hydrogen-bond donors (Lipinski definition) is 3. The number of nitrogens with one attached hydrogen (secondary N) is 2. The van der Waals surface area contributed by atoms with Gasteiger partial charge >= 0.3 is 0 Å². The van der Waals surface area contributed by atoms with Gasteiger partial charge in [-0.05, 0) is 30.5 Å². The van der Waals surface area contributed by atoms with Crippen LogP contribution < -0.4 is 5.32 Å². The molecule has 2 unspecified atom stereocenters. The molecule has 5 rings (SSSR count). The highest BCUT2D eigenvalue weighted by molar-refractivity contribution is 6.08. The molecule has 0 bridgehead atoms. The molecule has 3 N–H and O–H groups in total. The normalized spacial score (nSPS) is 21.3. The van der Waals surface area contributed by atoms with E-state index in [1.54, 1.807) is 6.20 Å². The smallest absolute Gasteiger partial charge is 0.290 e. The van der Waals surface area contributed by atoms with Gasteiger partial charge < -0.3 is 20.3 Å². The van der Waals surface area contributed by atoms with Crippen molar-refractivity contribution < 1.29 is 19.5 Å². The zero-order valence-electron chi connectivity index (χ0n) is 16.9. The summed E-state index contributed by atoms with van der Waals surface area (Å²) in [4.78, 5) is 44.0. The lowest BCUT2D eigenvalue weighted by atomic mass is 9.72. The molecule has 0 radical (unpaired) electrons. The van der Waals surface area contributed by atoms with Crippen molar-refractivity contribution in [3.8, 4) is 0 Å². The van der Waals surface area contributed by atoms with E-state index in [0.29, 0.717) is 24.5 Å². The minimum absolute atomic E-state index is 0.0429. The first-order valence-electron chi connectivity index (χ1n) is 9.89. The quantitative estimate of drug-likeness (QED) is 0.554. The first kappa shape index (κ1) is 20.3. The van der Waals surface area contributed by atoms with E-state index in [4.69, 9.17) is 9.90 Å². The lowest BCUT2D eigenvalue weighted by Gasteiger charge is -2.34. The van der Waals surface area contributed by atoms with Gasteiger partial charge in [-0.25, -0.2) is 4.98 Å². The van der Waals surface area contributed by atoms with Gasteiger partial charge in [0, 0.05) is 12.2 Å². The predicted octanol–water partition coefficient (Wildman–Crippen LogP) is 2.90. The van der Waals surface area contributed by atoms with E-state index in [1.807, 2.05) is 66.4 Å². The van der Waals surface area contributed by atoms with Crippen molar-refractivity contribution in [2.24, 2.45) is 0 Å². The van der Waals surface area contributed by atoms with E-state index in [-0.39, 0.29) is 24.3 Å². The standard InChI is InChI=1S/C22H20N4O2.CH2O2/c1-14-23-13-18(24-14)20(27)26-12-11-22(19(26)15-7-3-2-4-8-15)16-9-5-6-10-17(16)25-21(22)28;2-1-3/h2-10,13,19H,11-12H2,1H3,(H,23,24)(H,25,28);1H,(H,2,3). The molecule has 2 aliphatic heterocycles. The number of aryl methyl sites for hydroxylation is 1. The minimum atomic E-state index is -0.789. The first-order valence-corrected chi connectivity index (χ1v) is 9.89. The zero-order valence-corrected chi connectivity index (χ0v) is 16.9. The first-order chi connectivity index (χ1) is 15.0. The van der Waals surface area contributed by atoms with Crippen molar-refractivity contribution in [2.45, 2.75) is 24.8 Å². The molecule has 1 fully saturated rings. The fourth-order valence-corrected chi connectivity index (χ4v) is 4.69. The van der Waals surface area contributed by atoms with Gasteiger partial charge in [0.15, 0.2) is 0 Å². The third kappa shape index (κ3) is 3.26. The summed E-state index contributed by atoms with van der Waals surface area (Å²) in [6.07, 6.45) is 2.14. The Balaban J connectivity index is 0.000000730. The number of carbonyl (C=O) groups excluding carboxylic acids is 2. The van der Waals surface area contributed by atoms with E-state index in [0.717, 1.165) is 16.8 Å². The van der Waals surface area contributed by atoms with Crippen LogP contribution in [0.2, 0.25) is 0 Å². The summed E-state index contributed by atoms with van der Waals surface area (Å²) in [6.45, 7) is 2.07. The molecule has 2 aromatic carbocycles. The van der Waals surface area contributed by atoms with Gasteiger partial charge in [-0.2, -0.15) is 0 Å². The molecule has 8 nitrogen and oxygen atoms in total. The van der Waals surface area contributed by atoms with Gasteiger partial charge in [-0.1, -0.05) is 48.5 Å². The largest absolute Gasteiger partial charge is 0.483 e. The van der Waals surface area contributed by atoms with Crippen molar-refractivity contribution >= 4 is 24.0 Å². The third-order valence-corrected chi connectivity index (χ3v) is 5.90. The van der Waals surface area contributed by atoms with E-state index in [1.165, 1.54) is 0 Å². The number of carbonyl (C=O) groups is 3. The molecule has 2 aliphatic rings. The molecule has 0 saturated carbocycles. The van der Waals surface area contributed by atoms with Crippen LogP contribution in [0.1, 0.15) is 39.9 Å². The molecular formula is C23H22N4O4. The van der Waals surface area contributed by atoms with Gasteiger partial charge in [0.2, 0.25) is 5.91 Å². The Bertz CT molecular complexity index is 1130. The second-order valence-corrected chi connectivity index (χ2v) is 7.52. The van der Waals surface area contributed by atoms with Gasteiger partial charge in [0.1, 0.15) is 16.9 Å². The van der Waals surface area contributed by atoms with E-state index in [2.05, 4.69) is 15.3 Å². The molecule has 1 saturated heterocycles. The molecule has 3 heterocycles. The lowest BCUT2D eigenvalue weighted by Crippen LogP contribution is -2.42. The number of H-pyrrole nitrogens is 1. The molecule has 31 heavy (non-hydrogen) atoms. The van der Waals surface area contributed by atoms with Crippen LogP contribution in [0.3, 0.4) is 0 Å². The monoisotopic (exact) mass is 418 g/mol. The van der Waals surface area contributed by atoms with Gasteiger partial charge in [-0.15, -0.1) is 0 Å². The van der Waals surface area contributed by atoms with E-state index >= 15 is 0 Å². The highest BCUT2D eigenvalue weighted by atomic mass is 16.3. The summed E-state index contributed by atoms with van der Waals surface area (Å²) in [5.41, 5.74) is 2.41. The maximum Gasteiger partial charge on any atom is 0.290 e. The number of nitrogens with zero attached hydrogens (tertiary/aromatic N) is 2. The number of rotatable bonds is 2. The van der Waals surface area contributed by atoms with Crippen molar-refractivity contribution in [3.05, 3.63) is 83.4 Å². The number of imidazole rings is 1. The van der Waals surface area contributed by atoms with Gasteiger partial charge in [0.25, 0.3) is 12.4 Å². The molecule has 2 atom stereocenters. The van der Waals surface area contributed by atoms with E-state index in [9.17, 15) is 9.59 Å². The van der Waals surface area contributed by atoms with Crippen LogP contribution in [0.4, 0.5) is 5.69 Å².